The molecule has 0 aromatic heterocycles. The zero-order valence-electron chi connectivity index (χ0n) is 15.3. The van der Waals surface area contributed by atoms with E-state index in [9.17, 15) is 4.79 Å². The molecule has 2 nitrogen and oxygen atoms in total. The van der Waals surface area contributed by atoms with Gasteiger partial charge in [-0.25, -0.2) is 0 Å². The van der Waals surface area contributed by atoms with E-state index in [1.165, 1.54) is 5.56 Å². The fraction of sp³-hybridized carbons (Fsp3) is 0.160. The maximum absolute atomic E-state index is 11.7. The summed E-state index contributed by atoms with van der Waals surface area (Å²) < 4.78 is 6.32. The third-order valence-corrected chi connectivity index (χ3v) is 5.39. The molecule has 2 heteroatoms. The van der Waals surface area contributed by atoms with Crippen LogP contribution in [0.15, 0.2) is 96.8 Å². The smallest absolute Gasteiger partial charge is 0.159 e. The standard InChI is InChI=1S/C25H22O2/c1-19-12-14-20(15-13-19)24-16-25(27-18-21(24)17-26,22-8-4-2-5-9-22)23-10-6-3-7-11-23/h2-15,17-18,24H,16H2,1H3/t24-/m1/s1. The lowest BCUT2D eigenvalue weighted by Gasteiger charge is -2.40. The summed E-state index contributed by atoms with van der Waals surface area (Å²) in [5, 5.41) is 0. The summed E-state index contributed by atoms with van der Waals surface area (Å²) in [6.07, 6.45) is 3.25. The molecule has 0 fully saturated rings. The Kier molecular flexibility index (Phi) is 4.64. The minimum atomic E-state index is -0.620. The Labute approximate surface area is 160 Å². The lowest BCUT2D eigenvalue weighted by atomic mass is 9.73. The lowest BCUT2D eigenvalue weighted by molar-refractivity contribution is -0.106. The van der Waals surface area contributed by atoms with Crippen molar-refractivity contribution < 1.29 is 9.53 Å². The van der Waals surface area contributed by atoms with Gasteiger partial charge in [0.15, 0.2) is 5.60 Å². The predicted octanol–water partition coefficient (Wildman–Crippen LogP) is 5.53. The maximum atomic E-state index is 11.7. The third-order valence-electron chi connectivity index (χ3n) is 5.39. The van der Waals surface area contributed by atoms with E-state index < -0.39 is 5.60 Å². The Morgan fingerprint density at radius 2 is 1.41 bits per heavy atom. The van der Waals surface area contributed by atoms with Gasteiger partial charge in [0.25, 0.3) is 0 Å². The van der Waals surface area contributed by atoms with Crippen LogP contribution in [0.1, 0.15) is 34.6 Å². The highest BCUT2D eigenvalue weighted by molar-refractivity contribution is 5.76. The number of allylic oxidation sites excluding steroid dienone is 1. The minimum Gasteiger partial charge on any atom is -0.485 e. The third kappa shape index (κ3) is 3.19. The molecule has 4 rings (SSSR count). The molecule has 3 aromatic carbocycles. The molecule has 1 aliphatic heterocycles. The molecule has 0 amide bonds. The van der Waals surface area contributed by atoms with Crippen molar-refractivity contribution in [2.24, 2.45) is 0 Å². The number of aldehydes is 1. The van der Waals surface area contributed by atoms with E-state index in [-0.39, 0.29) is 5.92 Å². The van der Waals surface area contributed by atoms with E-state index in [4.69, 9.17) is 4.74 Å². The summed E-state index contributed by atoms with van der Waals surface area (Å²) in [5.74, 6) is -0.0164. The highest BCUT2D eigenvalue weighted by atomic mass is 16.5. The lowest BCUT2D eigenvalue weighted by Crippen LogP contribution is -2.35. The number of hydrogen-bond donors (Lipinski definition) is 0. The van der Waals surface area contributed by atoms with Crippen molar-refractivity contribution in [3.8, 4) is 0 Å². The summed E-state index contributed by atoms with van der Waals surface area (Å²) in [5.41, 5.74) is 4.59. The van der Waals surface area contributed by atoms with Gasteiger partial charge in [0.2, 0.25) is 0 Å². The van der Waals surface area contributed by atoms with Crippen LogP contribution in [-0.2, 0) is 15.1 Å². The monoisotopic (exact) mass is 354 g/mol. The van der Waals surface area contributed by atoms with E-state index in [1.807, 2.05) is 36.4 Å². The van der Waals surface area contributed by atoms with Crippen LogP contribution < -0.4 is 0 Å². The molecule has 1 atom stereocenters. The molecule has 1 heterocycles. The molecule has 0 bridgehead atoms. The number of ether oxygens (including phenoxy) is 1. The molecule has 3 aromatic rings. The highest BCUT2D eigenvalue weighted by Gasteiger charge is 2.42. The number of carbonyl (C=O) groups excluding carboxylic acids is 1. The largest absolute Gasteiger partial charge is 0.485 e. The second-order valence-electron chi connectivity index (χ2n) is 7.08. The van der Waals surface area contributed by atoms with Crippen molar-refractivity contribution in [2.75, 3.05) is 0 Å². The molecular weight excluding hydrogens is 332 g/mol. The Balaban J connectivity index is 1.86. The van der Waals surface area contributed by atoms with Gasteiger partial charge < -0.3 is 4.74 Å². The number of hydrogen-bond acceptors (Lipinski definition) is 2. The van der Waals surface area contributed by atoms with Crippen LogP contribution in [0.5, 0.6) is 0 Å². The van der Waals surface area contributed by atoms with Gasteiger partial charge in [-0.2, -0.15) is 0 Å². The van der Waals surface area contributed by atoms with Crippen LogP contribution in [0, 0.1) is 6.92 Å². The van der Waals surface area contributed by atoms with E-state index in [1.54, 1.807) is 6.26 Å². The summed E-state index contributed by atoms with van der Waals surface area (Å²) in [7, 11) is 0. The molecule has 0 radical (unpaired) electrons. The summed E-state index contributed by atoms with van der Waals surface area (Å²) in [6, 6.07) is 29.0. The van der Waals surface area contributed by atoms with Crippen LogP contribution in [0.25, 0.3) is 0 Å². The Morgan fingerprint density at radius 3 is 1.93 bits per heavy atom. The molecule has 0 aliphatic carbocycles. The first-order chi connectivity index (χ1) is 13.2. The summed E-state index contributed by atoms with van der Waals surface area (Å²) in [6.45, 7) is 2.07. The molecule has 134 valence electrons. The number of benzene rings is 3. The van der Waals surface area contributed by atoms with Crippen LogP contribution >= 0.6 is 0 Å². The van der Waals surface area contributed by atoms with Crippen molar-refractivity contribution in [2.45, 2.75) is 24.9 Å². The molecule has 27 heavy (non-hydrogen) atoms. The van der Waals surface area contributed by atoms with Gasteiger partial charge in [-0.3, -0.25) is 4.79 Å². The number of carbonyl (C=O) groups is 1. The Morgan fingerprint density at radius 1 is 0.852 bits per heavy atom. The minimum absolute atomic E-state index is 0.0164. The van der Waals surface area contributed by atoms with Gasteiger partial charge in [0.05, 0.1) is 6.26 Å². The first-order valence-electron chi connectivity index (χ1n) is 9.23. The molecular formula is C25H22O2. The van der Waals surface area contributed by atoms with Gasteiger partial charge in [-0.05, 0) is 23.6 Å². The molecule has 1 aliphatic rings. The summed E-state index contributed by atoms with van der Waals surface area (Å²) in [4.78, 5) is 11.7. The first-order valence-corrected chi connectivity index (χ1v) is 9.23. The molecule has 0 unspecified atom stereocenters. The van der Waals surface area contributed by atoms with Gasteiger partial charge in [0, 0.05) is 17.9 Å². The highest BCUT2D eigenvalue weighted by Crippen LogP contribution is 2.47. The molecule has 0 saturated heterocycles. The van der Waals surface area contributed by atoms with E-state index >= 15 is 0 Å². The van der Waals surface area contributed by atoms with Crippen molar-refractivity contribution in [3.05, 3.63) is 119 Å². The van der Waals surface area contributed by atoms with Crippen molar-refractivity contribution in [3.63, 3.8) is 0 Å². The Bertz CT molecular complexity index is 901. The molecule has 0 N–H and O–H groups in total. The van der Waals surface area contributed by atoms with Crippen molar-refractivity contribution >= 4 is 6.29 Å². The summed E-state index contributed by atoms with van der Waals surface area (Å²) >= 11 is 0. The normalized spacial score (nSPS) is 18.3. The van der Waals surface area contributed by atoms with Crippen LogP contribution in [0.4, 0.5) is 0 Å². The topological polar surface area (TPSA) is 26.3 Å². The van der Waals surface area contributed by atoms with Crippen LogP contribution in [0.3, 0.4) is 0 Å². The van der Waals surface area contributed by atoms with Gasteiger partial charge in [0.1, 0.15) is 6.29 Å². The SMILES string of the molecule is Cc1ccc([C@H]2CC(c3ccccc3)(c3ccccc3)OC=C2C=O)cc1. The second-order valence-corrected chi connectivity index (χ2v) is 7.08. The number of aryl methyl sites for hydroxylation is 1. The van der Waals surface area contributed by atoms with Gasteiger partial charge in [-0.1, -0.05) is 90.5 Å². The zero-order valence-corrected chi connectivity index (χ0v) is 15.3. The first kappa shape index (κ1) is 17.3. The average molecular weight is 354 g/mol. The van der Waals surface area contributed by atoms with Crippen LogP contribution in [0.2, 0.25) is 0 Å². The average Bonchev–Trinajstić information content (AvgIpc) is 2.75. The molecule has 0 saturated carbocycles. The maximum Gasteiger partial charge on any atom is 0.159 e. The van der Waals surface area contributed by atoms with Crippen molar-refractivity contribution in [1.82, 2.24) is 0 Å². The zero-order chi connectivity index (χ0) is 18.7. The van der Waals surface area contributed by atoms with Crippen molar-refractivity contribution in [1.29, 1.82) is 0 Å². The fourth-order valence-electron chi connectivity index (χ4n) is 3.88. The predicted molar refractivity (Wildman–Crippen MR) is 107 cm³/mol. The van der Waals surface area contributed by atoms with Gasteiger partial charge in [-0.15, -0.1) is 0 Å². The van der Waals surface area contributed by atoms with Gasteiger partial charge >= 0.3 is 0 Å². The quantitative estimate of drug-likeness (QED) is 0.576. The van der Waals surface area contributed by atoms with E-state index in [0.29, 0.717) is 12.0 Å². The Hall–Kier alpha value is -3.13. The van der Waals surface area contributed by atoms with E-state index in [0.717, 1.165) is 23.0 Å². The second kappa shape index (κ2) is 7.24. The fourth-order valence-corrected chi connectivity index (χ4v) is 3.88. The van der Waals surface area contributed by atoms with Crippen LogP contribution in [-0.4, -0.2) is 6.29 Å². The number of rotatable bonds is 4. The van der Waals surface area contributed by atoms with E-state index in [2.05, 4.69) is 55.5 Å². The molecule has 0 spiro atoms.